The Kier molecular flexibility index (Phi) is 6.16. The third-order valence-corrected chi connectivity index (χ3v) is 4.79. The summed E-state index contributed by atoms with van der Waals surface area (Å²) in [6.45, 7) is 8.63. The lowest BCUT2D eigenvalue weighted by atomic mass is 10.0. The maximum atomic E-state index is 13.1. The minimum Gasteiger partial charge on any atom is -0.494 e. The van der Waals surface area contributed by atoms with Crippen molar-refractivity contribution < 1.29 is 19.1 Å². The largest absolute Gasteiger partial charge is 0.494 e. The van der Waals surface area contributed by atoms with Crippen LogP contribution in [0.4, 0.5) is 0 Å². The third kappa shape index (κ3) is 4.16. The van der Waals surface area contributed by atoms with Gasteiger partial charge in [0.15, 0.2) is 0 Å². The Morgan fingerprint density at radius 2 is 1.70 bits per heavy atom. The summed E-state index contributed by atoms with van der Waals surface area (Å²) in [7, 11) is 0. The first-order valence-electron chi connectivity index (χ1n) is 9.73. The van der Waals surface area contributed by atoms with E-state index < -0.39 is 0 Å². The lowest BCUT2D eigenvalue weighted by Crippen LogP contribution is -2.37. The fraction of sp³-hybridized carbons (Fsp3) is 0.524. The van der Waals surface area contributed by atoms with Gasteiger partial charge in [-0.05, 0) is 51.3 Å². The number of carbonyl (C=O) groups excluding carboxylic acids is 2. The van der Waals surface area contributed by atoms with E-state index in [2.05, 4.69) is 4.90 Å². The van der Waals surface area contributed by atoms with Crippen molar-refractivity contribution in [1.29, 1.82) is 0 Å². The topological polar surface area (TPSA) is 59.1 Å². The van der Waals surface area contributed by atoms with Crippen LogP contribution in [0.5, 0.6) is 5.75 Å². The second-order valence-corrected chi connectivity index (χ2v) is 7.06. The van der Waals surface area contributed by atoms with E-state index in [1.165, 1.54) is 4.90 Å². The number of amides is 2. The molecule has 0 N–H and O–H groups in total. The van der Waals surface area contributed by atoms with Crippen LogP contribution in [0.25, 0.3) is 5.57 Å². The van der Waals surface area contributed by atoms with Crippen LogP contribution in [0.2, 0.25) is 0 Å². The van der Waals surface area contributed by atoms with E-state index in [0.29, 0.717) is 24.5 Å². The number of ether oxygens (including phenoxy) is 2. The standard InChI is InChI=1S/C21H28N2O4/c1-4-26-17-9-7-16(8-10-17)18-19(22-11-5-6-12-22)21(25)23(20(18)24)13-14-27-15(2)3/h7-10,15H,4-6,11-14H2,1-3H3. The van der Waals surface area contributed by atoms with Crippen LogP contribution < -0.4 is 4.74 Å². The Morgan fingerprint density at radius 3 is 2.30 bits per heavy atom. The number of rotatable bonds is 8. The summed E-state index contributed by atoms with van der Waals surface area (Å²) in [4.78, 5) is 29.5. The first-order valence-corrected chi connectivity index (χ1v) is 9.73. The summed E-state index contributed by atoms with van der Waals surface area (Å²) in [6, 6.07) is 7.40. The number of hydrogen-bond acceptors (Lipinski definition) is 5. The lowest BCUT2D eigenvalue weighted by Gasteiger charge is -2.20. The molecule has 6 nitrogen and oxygen atoms in total. The van der Waals surface area contributed by atoms with Gasteiger partial charge in [0.2, 0.25) is 0 Å². The molecule has 1 saturated heterocycles. The molecule has 0 saturated carbocycles. The van der Waals surface area contributed by atoms with Crippen molar-refractivity contribution in [1.82, 2.24) is 9.80 Å². The molecule has 0 unspecified atom stereocenters. The predicted octanol–water partition coefficient (Wildman–Crippen LogP) is 2.69. The Hall–Kier alpha value is -2.34. The minimum absolute atomic E-state index is 0.0643. The van der Waals surface area contributed by atoms with Gasteiger partial charge in [-0.3, -0.25) is 14.5 Å². The number of benzene rings is 1. The molecule has 3 rings (SSSR count). The minimum atomic E-state index is -0.238. The summed E-state index contributed by atoms with van der Waals surface area (Å²) >= 11 is 0. The Labute approximate surface area is 160 Å². The van der Waals surface area contributed by atoms with Gasteiger partial charge < -0.3 is 14.4 Å². The average molecular weight is 372 g/mol. The molecule has 6 heteroatoms. The highest BCUT2D eigenvalue weighted by Crippen LogP contribution is 2.33. The zero-order chi connectivity index (χ0) is 19.4. The zero-order valence-electron chi connectivity index (χ0n) is 16.4. The smallest absolute Gasteiger partial charge is 0.277 e. The highest BCUT2D eigenvalue weighted by atomic mass is 16.5. The number of carbonyl (C=O) groups is 2. The van der Waals surface area contributed by atoms with Gasteiger partial charge in [-0.1, -0.05) is 12.1 Å². The molecule has 1 aromatic rings. The molecule has 0 atom stereocenters. The third-order valence-electron chi connectivity index (χ3n) is 4.79. The van der Waals surface area contributed by atoms with Gasteiger partial charge in [0.05, 0.1) is 31.4 Å². The van der Waals surface area contributed by atoms with Gasteiger partial charge in [0.1, 0.15) is 11.4 Å². The van der Waals surface area contributed by atoms with Crippen LogP contribution in [0.15, 0.2) is 30.0 Å². The van der Waals surface area contributed by atoms with Gasteiger partial charge in [-0.25, -0.2) is 0 Å². The van der Waals surface area contributed by atoms with Crippen LogP contribution in [-0.2, 0) is 14.3 Å². The van der Waals surface area contributed by atoms with Crippen molar-refractivity contribution in [3.8, 4) is 5.75 Å². The zero-order valence-corrected chi connectivity index (χ0v) is 16.4. The van der Waals surface area contributed by atoms with E-state index >= 15 is 0 Å². The summed E-state index contributed by atoms with van der Waals surface area (Å²) < 4.78 is 11.0. The van der Waals surface area contributed by atoms with Crippen LogP contribution in [0.3, 0.4) is 0 Å². The Bertz CT molecular complexity index is 718. The van der Waals surface area contributed by atoms with Crippen molar-refractivity contribution in [2.24, 2.45) is 0 Å². The number of nitrogens with zero attached hydrogens (tertiary/aromatic N) is 2. The van der Waals surface area contributed by atoms with Crippen LogP contribution in [0, 0.1) is 0 Å². The molecule has 2 heterocycles. The van der Waals surface area contributed by atoms with E-state index in [1.807, 2.05) is 45.0 Å². The molecule has 1 aromatic carbocycles. The van der Waals surface area contributed by atoms with Gasteiger partial charge in [0.25, 0.3) is 11.8 Å². The molecule has 2 aliphatic heterocycles. The first kappa shape index (κ1) is 19.4. The summed E-state index contributed by atoms with van der Waals surface area (Å²) in [6.07, 6.45) is 2.14. The molecule has 0 aliphatic carbocycles. The maximum absolute atomic E-state index is 13.1. The second kappa shape index (κ2) is 8.57. The molecule has 0 aromatic heterocycles. The van der Waals surface area contributed by atoms with Crippen molar-refractivity contribution in [3.63, 3.8) is 0 Å². The van der Waals surface area contributed by atoms with Gasteiger partial charge in [0, 0.05) is 13.1 Å². The highest BCUT2D eigenvalue weighted by Gasteiger charge is 2.41. The fourth-order valence-corrected chi connectivity index (χ4v) is 3.52. The van der Waals surface area contributed by atoms with Crippen LogP contribution >= 0.6 is 0 Å². The average Bonchev–Trinajstić information content (AvgIpc) is 3.24. The Balaban J connectivity index is 1.90. The molecule has 146 valence electrons. The fourth-order valence-electron chi connectivity index (χ4n) is 3.52. The first-order chi connectivity index (χ1) is 13.0. The molecule has 2 amide bonds. The molecule has 2 aliphatic rings. The molecular formula is C21H28N2O4. The molecule has 0 bridgehead atoms. The van der Waals surface area contributed by atoms with Crippen LogP contribution in [0.1, 0.15) is 39.2 Å². The van der Waals surface area contributed by atoms with Crippen molar-refractivity contribution in [2.45, 2.75) is 39.7 Å². The Morgan fingerprint density at radius 1 is 1.04 bits per heavy atom. The van der Waals surface area contributed by atoms with Gasteiger partial charge in [-0.2, -0.15) is 0 Å². The summed E-state index contributed by atoms with van der Waals surface area (Å²) in [5.74, 6) is 0.306. The summed E-state index contributed by atoms with van der Waals surface area (Å²) in [5, 5.41) is 0. The number of imide groups is 1. The lowest BCUT2D eigenvalue weighted by molar-refractivity contribution is -0.138. The number of likely N-dealkylation sites (tertiary alicyclic amines) is 1. The van der Waals surface area contributed by atoms with Gasteiger partial charge >= 0.3 is 0 Å². The molecule has 1 fully saturated rings. The van der Waals surface area contributed by atoms with E-state index in [4.69, 9.17) is 9.47 Å². The molecule has 0 radical (unpaired) electrons. The molecule has 0 spiro atoms. The number of hydrogen-bond donors (Lipinski definition) is 0. The van der Waals surface area contributed by atoms with Crippen molar-refractivity contribution in [2.75, 3.05) is 32.8 Å². The van der Waals surface area contributed by atoms with E-state index in [-0.39, 0.29) is 24.5 Å². The van der Waals surface area contributed by atoms with E-state index in [0.717, 1.165) is 37.2 Å². The molecular weight excluding hydrogens is 344 g/mol. The second-order valence-electron chi connectivity index (χ2n) is 7.06. The van der Waals surface area contributed by atoms with Crippen LogP contribution in [-0.4, -0.2) is 60.6 Å². The van der Waals surface area contributed by atoms with E-state index in [9.17, 15) is 9.59 Å². The normalized spacial score (nSPS) is 17.6. The van der Waals surface area contributed by atoms with Crippen molar-refractivity contribution in [3.05, 3.63) is 35.5 Å². The summed E-state index contributed by atoms with van der Waals surface area (Å²) in [5.41, 5.74) is 1.78. The highest BCUT2D eigenvalue weighted by molar-refractivity contribution is 6.35. The van der Waals surface area contributed by atoms with E-state index in [1.54, 1.807) is 0 Å². The monoisotopic (exact) mass is 372 g/mol. The van der Waals surface area contributed by atoms with Gasteiger partial charge in [-0.15, -0.1) is 0 Å². The maximum Gasteiger partial charge on any atom is 0.277 e. The quantitative estimate of drug-likeness (QED) is 0.657. The SMILES string of the molecule is CCOc1ccc(C2=C(N3CCCC3)C(=O)N(CCOC(C)C)C2=O)cc1. The molecule has 27 heavy (non-hydrogen) atoms. The predicted molar refractivity (Wildman–Crippen MR) is 103 cm³/mol. The van der Waals surface area contributed by atoms with Crippen molar-refractivity contribution >= 4 is 17.4 Å².